The summed E-state index contributed by atoms with van der Waals surface area (Å²) >= 11 is 6.60. The molecule has 0 unspecified atom stereocenters. The number of hydrogen-bond donors (Lipinski definition) is 1. The van der Waals surface area contributed by atoms with Crippen LogP contribution in [0.25, 0.3) is 11.7 Å². The number of rotatable bonds is 7. The topological polar surface area (TPSA) is 79.2 Å². The van der Waals surface area contributed by atoms with Crippen molar-refractivity contribution < 1.29 is 9.53 Å². The van der Waals surface area contributed by atoms with Crippen molar-refractivity contribution in [1.82, 2.24) is 19.2 Å². The molecule has 2 aromatic heterocycles. The first-order valence-corrected chi connectivity index (χ1v) is 12.0. The minimum Gasteiger partial charge on any atom is -0.379 e. The van der Waals surface area contributed by atoms with E-state index in [1.54, 1.807) is 29.3 Å². The predicted octanol–water partition coefficient (Wildman–Crippen LogP) is 2.44. The second-order valence-corrected chi connectivity index (χ2v) is 9.66. The highest BCUT2D eigenvalue weighted by atomic mass is 32.2. The Bertz CT molecular complexity index is 1110. The number of morpholine rings is 1. The number of carbonyl (C=O) groups is 1. The summed E-state index contributed by atoms with van der Waals surface area (Å²) in [5.74, 6) is 0.309. The number of carbonyl (C=O) groups excluding carboxylic acids is 1. The van der Waals surface area contributed by atoms with E-state index in [1.807, 2.05) is 19.9 Å². The van der Waals surface area contributed by atoms with Crippen LogP contribution in [0.5, 0.6) is 0 Å². The maximum absolute atomic E-state index is 13.3. The summed E-state index contributed by atoms with van der Waals surface area (Å²) in [5, 5.41) is 3.33. The lowest BCUT2D eigenvalue weighted by Gasteiger charge is -2.26. The van der Waals surface area contributed by atoms with Crippen LogP contribution in [0.1, 0.15) is 25.8 Å². The molecule has 32 heavy (non-hydrogen) atoms. The Morgan fingerprint density at radius 3 is 2.78 bits per heavy atom. The minimum atomic E-state index is -0.221. The minimum absolute atomic E-state index is 0.0398. The first kappa shape index (κ1) is 22.9. The molecule has 0 aromatic carbocycles. The van der Waals surface area contributed by atoms with Crippen molar-refractivity contribution in [1.29, 1.82) is 0 Å². The van der Waals surface area contributed by atoms with E-state index in [-0.39, 0.29) is 17.5 Å². The Morgan fingerprint density at radius 2 is 2.06 bits per heavy atom. The zero-order valence-corrected chi connectivity index (χ0v) is 19.9. The molecule has 2 aromatic rings. The molecule has 0 atom stereocenters. The average molecular weight is 474 g/mol. The monoisotopic (exact) mass is 473 g/mol. The second kappa shape index (κ2) is 10.1. The number of nitrogens with one attached hydrogen (secondary N) is 1. The van der Waals surface area contributed by atoms with Gasteiger partial charge in [0.25, 0.3) is 11.5 Å². The molecule has 4 rings (SSSR count). The van der Waals surface area contributed by atoms with Crippen LogP contribution in [0, 0.1) is 0 Å². The molecule has 170 valence electrons. The average Bonchev–Trinajstić information content (AvgIpc) is 3.07. The van der Waals surface area contributed by atoms with Gasteiger partial charge in [-0.05, 0) is 45.0 Å². The summed E-state index contributed by atoms with van der Waals surface area (Å²) in [7, 11) is 0. The molecule has 2 aliphatic rings. The Hall–Kier alpha value is -2.27. The molecule has 0 aliphatic carbocycles. The molecule has 2 saturated heterocycles. The maximum Gasteiger partial charge on any atom is 0.267 e. The van der Waals surface area contributed by atoms with Crippen LogP contribution in [0.4, 0.5) is 5.82 Å². The molecule has 0 saturated carbocycles. The molecule has 2 aliphatic heterocycles. The second-order valence-electron chi connectivity index (χ2n) is 7.99. The fraction of sp³-hybridized carbons (Fsp3) is 0.455. The van der Waals surface area contributed by atoms with Gasteiger partial charge >= 0.3 is 0 Å². The van der Waals surface area contributed by atoms with Gasteiger partial charge in [0.05, 0.1) is 23.7 Å². The fourth-order valence-electron chi connectivity index (χ4n) is 3.76. The van der Waals surface area contributed by atoms with Gasteiger partial charge in [-0.1, -0.05) is 30.0 Å². The lowest BCUT2D eigenvalue weighted by Crippen LogP contribution is -2.37. The normalized spacial score (nSPS) is 19.0. The Morgan fingerprint density at radius 1 is 1.28 bits per heavy atom. The number of nitrogens with zero attached hydrogens (tertiary/aromatic N) is 4. The van der Waals surface area contributed by atoms with E-state index in [1.165, 1.54) is 16.2 Å². The molecule has 0 radical (unpaired) electrons. The van der Waals surface area contributed by atoms with Gasteiger partial charge in [-0.25, -0.2) is 4.98 Å². The van der Waals surface area contributed by atoms with Crippen LogP contribution in [0.2, 0.25) is 0 Å². The van der Waals surface area contributed by atoms with Gasteiger partial charge in [-0.15, -0.1) is 0 Å². The molecular weight excluding hydrogens is 446 g/mol. The van der Waals surface area contributed by atoms with Gasteiger partial charge in [0.2, 0.25) is 0 Å². The molecule has 1 amide bonds. The Kier molecular flexibility index (Phi) is 7.24. The highest BCUT2D eigenvalue weighted by Crippen LogP contribution is 2.34. The standard InChI is InChI=1S/C22H27N5O3S2/c1-15(2)27-21(29)17(32-22(27)31)14-16-19(23-7-5-8-25-10-12-30-13-11-25)24-18-6-3-4-9-26(18)20(16)28/h3-4,6,9,14-15,23H,5,7-8,10-13H2,1-2H3. The van der Waals surface area contributed by atoms with Crippen molar-refractivity contribution in [2.75, 3.05) is 44.7 Å². The first-order chi connectivity index (χ1) is 15.5. The van der Waals surface area contributed by atoms with Crippen molar-refractivity contribution in [3.63, 3.8) is 0 Å². The van der Waals surface area contributed by atoms with E-state index in [4.69, 9.17) is 17.0 Å². The van der Waals surface area contributed by atoms with E-state index in [9.17, 15) is 9.59 Å². The number of aromatic nitrogens is 2. The van der Waals surface area contributed by atoms with Gasteiger partial charge in [0.15, 0.2) is 0 Å². The van der Waals surface area contributed by atoms with Crippen LogP contribution in [-0.2, 0) is 9.53 Å². The predicted molar refractivity (Wildman–Crippen MR) is 132 cm³/mol. The van der Waals surface area contributed by atoms with Gasteiger partial charge < -0.3 is 10.1 Å². The molecule has 4 heterocycles. The van der Waals surface area contributed by atoms with Crippen LogP contribution in [0.3, 0.4) is 0 Å². The number of amides is 1. The molecule has 0 bridgehead atoms. The third-order valence-electron chi connectivity index (χ3n) is 5.43. The summed E-state index contributed by atoms with van der Waals surface area (Å²) < 4.78 is 7.39. The largest absolute Gasteiger partial charge is 0.379 e. The van der Waals surface area contributed by atoms with Gasteiger partial charge in [-0.2, -0.15) is 0 Å². The summed E-state index contributed by atoms with van der Waals surface area (Å²) in [6.45, 7) is 8.89. The number of hydrogen-bond acceptors (Lipinski definition) is 8. The first-order valence-electron chi connectivity index (χ1n) is 10.8. The van der Waals surface area contributed by atoms with E-state index in [0.717, 1.165) is 39.3 Å². The maximum atomic E-state index is 13.3. The summed E-state index contributed by atoms with van der Waals surface area (Å²) in [6.07, 6.45) is 4.22. The highest BCUT2D eigenvalue weighted by molar-refractivity contribution is 8.26. The molecule has 2 fully saturated rings. The van der Waals surface area contributed by atoms with Crippen molar-refractivity contribution in [2.24, 2.45) is 0 Å². The molecular formula is C22H27N5O3S2. The highest BCUT2D eigenvalue weighted by Gasteiger charge is 2.34. The van der Waals surface area contributed by atoms with E-state index in [0.29, 0.717) is 32.8 Å². The number of pyridine rings is 1. The fourth-order valence-corrected chi connectivity index (χ4v) is 5.26. The summed E-state index contributed by atoms with van der Waals surface area (Å²) in [4.78, 5) is 35.2. The van der Waals surface area contributed by atoms with E-state index >= 15 is 0 Å². The summed E-state index contributed by atoms with van der Waals surface area (Å²) in [6, 6.07) is 5.38. The summed E-state index contributed by atoms with van der Waals surface area (Å²) in [5.41, 5.74) is 0.700. The number of fused-ring (bicyclic) bond motifs is 1. The van der Waals surface area contributed by atoms with Crippen LogP contribution in [0.15, 0.2) is 34.1 Å². The van der Waals surface area contributed by atoms with Crippen molar-refractivity contribution in [3.05, 3.63) is 45.2 Å². The smallest absolute Gasteiger partial charge is 0.267 e. The number of anilines is 1. The lowest BCUT2D eigenvalue weighted by atomic mass is 10.2. The van der Waals surface area contributed by atoms with E-state index < -0.39 is 0 Å². The van der Waals surface area contributed by atoms with Crippen molar-refractivity contribution >= 4 is 51.7 Å². The van der Waals surface area contributed by atoms with Crippen LogP contribution in [-0.4, -0.2) is 74.8 Å². The third-order valence-corrected chi connectivity index (χ3v) is 6.76. The Labute approximate surface area is 196 Å². The number of ether oxygens (including phenoxy) is 1. The quantitative estimate of drug-likeness (QED) is 0.373. The number of thioether (sulfide) groups is 1. The van der Waals surface area contributed by atoms with Crippen LogP contribution < -0.4 is 10.9 Å². The van der Waals surface area contributed by atoms with Crippen molar-refractivity contribution in [2.45, 2.75) is 26.3 Å². The Balaban J connectivity index is 1.60. The third kappa shape index (κ3) is 4.88. The molecule has 8 nitrogen and oxygen atoms in total. The SMILES string of the molecule is CC(C)N1C(=O)C(=Cc2c(NCCCN3CCOCC3)nc3ccccn3c2=O)SC1=S. The lowest BCUT2D eigenvalue weighted by molar-refractivity contribution is -0.123. The van der Waals surface area contributed by atoms with E-state index in [2.05, 4.69) is 15.2 Å². The zero-order valence-electron chi connectivity index (χ0n) is 18.2. The molecule has 1 N–H and O–H groups in total. The van der Waals surface area contributed by atoms with Gasteiger partial charge in [0, 0.05) is 31.9 Å². The van der Waals surface area contributed by atoms with Crippen molar-refractivity contribution in [3.8, 4) is 0 Å². The van der Waals surface area contributed by atoms with Crippen LogP contribution >= 0.6 is 24.0 Å². The molecule has 10 heteroatoms. The molecule has 0 spiro atoms. The zero-order chi connectivity index (χ0) is 22.7. The van der Waals surface area contributed by atoms with Gasteiger partial charge in [-0.3, -0.25) is 23.8 Å². The number of thiocarbonyl (C=S) groups is 1. The van der Waals surface area contributed by atoms with Gasteiger partial charge in [0.1, 0.15) is 15.8 Å².